The van der Waals surface area contributed by atoms with Crippen molar-refractivity contribution in [1.82, 2.24) is 15.5 Å². The molecule has 2 bridgehead atoms. The summed E-state index contributed by atoms with van der Waals surface area (Å²) >= 11 is 0. The number of hydrogen-bond donors (Lipinski definition) is 1. The fourth-order valence-corrected chi connectivity index (χ4v) is 2.51. The number of fused-ring (bicyclic) bond motifs is 2. The first-order valence-corrected chi connectivity index (χ1v) is 6.67. The lowest BCUT2D eigenvalue weighted by molar-refractivity contribution is 0.0287. The van der Waals surface area contributed by atoms with Crippen LogP contribution in [0.4, 0.5) is 6.01 Å². The van der Waals surface area contributed by atoms with E-state index >= 15 is 0 Å². The molecule has 6 heteroatoms. The fraction of sp³-hybridized carbons (Fsp3) is 0.833. The molecule has 2 atom stereocenters. The van der Waals surface area contributed by atoms with Gasteiger partial charge in [-0.2, -0.15) is 0 Å². The van der Waals surface area contributed by atoms with E-state index in [4.69, 9.17) is 9.15 Å². The van der Waals surface area contributed by atoms with Gasteiger partial charge in [0.05, 0.1) is 18.8 Å². The third-order valence-corrected chi connectivity index (χ3v) is 3.43. The summed E-state index contributed by atoms with van der Waals surface area (Å²) in [6.45, 7) is 6.56. The monoisotopic (exact) mass is 252 g/mol. The number of nitrogens with one attached hydrogen (secondary N) is 1. The van der Waals surface area contributed by atoms with Crippen molar-refractivity contribution in [2.75, 3.05) is 18.0 Å². The summed E-state index contributed by atoms with van der Waals surface area (Å²) in [7, 11) is 0. The van der Waals surface area contributed by atoms with Crippen LogP contribution in [0, 0.1) is 0 Å². The number of ether oxygens (including phenoxy) is 1. The van der Waals surface area contributed by atoms with Gasteiger partial charge in [0.2, 0.25) is 5.89 Å². The minimum absolute atomic E-state index is 0.341. The summed E-state index contributed by atoms with van der Waals surface area (Å²) in [4.78, 5) is 2.15. The molecule has 0 saturated carbocycles. The average Bonchev–Trinajstić information content (AvgIpc) is 2.94. The Bertz CT molecular complexity index is 395. The van der Waals surface area contributed by atoms with E-state index in [0.29, 0.717) is 36.7 Å². The molecule has 2 fully saturated rings. The maximum absolute atomic E-state index is 5.79. The Kier molecular flexibility index (Phi) is 3.22. The molecule has 1 aromatic rings. The molecule has 100 valence electrons. The minimum Gasteiger partial charge on any atom is -0.407 e. The highest BCUT2D eigenvalue weighted by Gasteiger charge is 2.35. The summed E-state index contributed by atoms with van der Waals surface area (Å²) in [6.07, 6.45) is 2.98. The molecule has 3 heterocycles. The predicted molar refractivity (Wildman–Crippen MR) is 66.4 cm³/mol. The van der Waals surface area contributed by atoms with Crippen LogP contribution in [-0.2, 0) is 11.3 Å². The Labute approximate surface area is 107 Å². The number of anilines is 1. The fourth-order valence-electron chi connectivity index (χ4n) is 2.51. The molecule has 0 radical (unpaired) electrons. The van der Waals surface area contributed by atoms with Gasteiger partial charge in [-0.15, -0.1) is 5.10 Å². The summed E-state index contributed by atoms with van der Waals surface area (Å²) in [5.41, 5.74) is 0. The van der Waals surface area contributed by atoms with Gasteiger partial charge in [0.1, 0.15) is 0 Å². The van der Waals surface area contributed by atoms with Gasteiger partial charge in [-0.3, -0.25) is 0 Å². The molecule has 3 rings (SSSR count). The quantitative estimate of drug-likeness (QED) is 0.860. The Morgan fingerprint density at radius 3 is 2.67 bits per heavy atom. The van der Waals surface area contributed by atoms with Crippen molar-refractivity contribution in [3.05, 3.63) is 5.89 Å². The van der Waals surface area contributed by atoms with Crippen LogP contribution in [-0.4, -0.2) is 41.5 Å². The van der Waals surface area contributed by atoms with Crippen LogP contribution in [0.25, 0.3) is 0 Å². The second-order valence-electron chi connectivity index (χ2n) is 5.38. The molecule has 2 unspecified atom stereocenters. The first-order chi connectivity index (χ1) is 8.70. The summed E-state index contributed by atoms with van der Waals surface area (Å²) in [6, 6.07) is 1.05. The zero-order valence-electron chi connectivity index (χ0n) is 10.9. The van der Waals surface area contributed by atoms with E-state index < -0.39 is 0 Å². The largest absolute Gasteiger partial charge is 0.407 e. The second-order valence-corrected chi connectivity index (χ2v) is 5.38. The number of hydrogen-bond acceptors (Lipinski definition) is 6. The van der Waals surface area contributed by atoms with Gasteiger partial charge >= 0.3 is 6.01 Å². The zero-order chi connectivity index (χ0) is 12.5. The molecule has 1 aromatic heterocycles. The lowest BCUT2D eigenvalue weighted by Crippen LogP contribution is -2.42. The van der Waals surface area contributed by atoms with Gasteiger partial charge in [-0.05, 0) is 12.8 Å². The van der Waals surface area contributed by atoms with E-state index in [2.05, 4.69) is 34.3 Å². The molecule has 1 N–H and O–H groups in total. The minimum atomic E-state index is 0.341. The number of rotatable bonds is 4. The van der Waals surface area contributed by atoms with Crippen molar-refractivity contribution >= 4 is 6.01 Å². The maximum atomic E-state index is 5.79. The van der Waals surface area contributed by atoms with Gasteiger partial charge < -0.3 is 19.4 Å². The Morgan fingerprint density at radius 1 is 1.28 bits per heavy atom. The van der Waals surface area contributed by atoms with Crippen molar-refractivity contribution < 1.29 is 9.15 Å². The molecular weight excluding hydrogens is 232 g/mol. The van der Waals surface area contributed by atoms with Crippen LogP contribution < -0.4 is 10.2 Å². The normalized spacial score (nSPS) is 27.2. The molecular formula is C12H20N4O2. The smallest absolute Gasteiger partial charge is 0.318 e. The van der Waals surface area contributed by atoms with Crippen molar-refractivity contribution in [3.8, 4) is 0 Å². The predicted octanol–water partition coefficient (Wildman–Crippen LogP) is 0.935. The van der Waals surface area contributed by atoms with Crippen molar-refractivity contribution in [3.63, 3.8) is 0 Å². The van der Waals surface area contributed by atoms with Crippen LogP contribution in [0.2, 0.25) is 0 Å². The highest BCUT2D eigenvalue weighted by molar-refractivity contribution is 5.26. The Morgan fingerprint density at radius 2 is 2.00 bits per heavy atom. The summed E-state index contributed by atoms with van der Waals surface area (Å²) < 4.78 is 11.5. The first-order valence-electron chi connectivity index (χ1n) is 6.67. The van der Waals surface area contributed by atoms with Crippen molar-refractivity contribution in [2.24, 2.45) is 0 Å². The van der Waals surface area contributed by atoms with E-state index in [1.807, 2.05) is 0 Å². The van der Waals surface area contributed by atoms with Gasteiger partial charge in [0.25, 0.3) is 0 Å². The average molecular weight is 252 g/mol. The van der Waals surface area contributed by atoms with Crippen LogP contribution in [0.5, 0.6) is 0 Å². The third kappa shape index (κ3) is 2.49. The molecule has 18 heavy (non-hydrogen) atoms. The summed E-state index contributed by atoms with van der Waals surface area (Å²) in [5, 5.41) is 11.5. The number of nitrogens with zero attached hydrogens (tertiary/aromatic N) is 3. The lowest BCUT2D eigenvalue weighted by atomic mass is 10.2. The van der Waals surface area contributed by atoms with Crippen LogP contribution in [0.1, 0.15) is 32.6 Å². The third-order valence-electron chi connectivity index (χ3n) is 3.43. The topological polar surface area (TPSA) is 63.4 Å². The second kappa shape index (κ2) is 4.85. The van der Waals surface area contributed by atoms with Gasteiger partial charge in [-0.1, -0.05) is 18.9 Å². The standard InChI is InChI=1S/C12H20N4O2/c1-8(2)13-5-11-14-15-12(18-11)16-6-9-3-4-10(7-16)17-9/h8-10,13H,3-7H2,1-2H3. The van der Waals surface area contributed by atoms with Crippen LogP contribution in [0.15, 0.2) is 4.42 Å². The van der Waals surface area contributed by atoms with Gasteiger partial charge in [0.15, 0.2) is 0 Å². The molecule has 0 spiro atoms. The van der Waals surface area contributed by atoms with Crippen molar-refractivity contribution in [1.29, 1.82) is 0 Å². The van der Waals surface area contributed by atoms with E-state index in [1.165, 1.54) is 0 Å². The Hall–Kier alpha value is -1.14. The van der Waals surface area contributed by atoms with Crippen LogP contribution in [0.3, 0.4) is 0 Å². The van der Waals surface area contributed by atoms with E-state index in [1.54, 1.807) is 0 Å². The maximum Gasteiger partial charge on any atom is 0.318 e. The molecule has 2 saturated heterocycles. The summed E-state index contributed by atoms with van der Waals surface area (Å²) in [5.74, 6) is 0.650. The first kappa shape index (κ1) is 11.9. The molecule has 2 aliphatic heterocycles. The zero-order valence-corrected chi connectivity index (χ0v) is 10.9. The molecule has 0 aliphatic carbocycles. The van der Waals surface area contributed by atoms with Crippen LogP contribution >= 0.6 is 0 Å². The molecule has 0 aromatic carbocycles. The number of aromatic nitrogens is 2. The van der Waals surface area contributed by atoms with Gasteiger partial charge in [-0.25, -0.2) is 0 Å². The van der Waals surface area contributed by atoms with E-state index in [9.17, 15) is 0 Å². The highest BCUT2D eigenvalue weighted by atomic mass is 16.5. The van der Waals surface area contributed by atoms with Crippen molar-refractivity contribution in [2.45, 2.75) is 51.5 Å². The van der Waals surface area contributed by atoms with E-state index in [-0.39, 0.29) is 0 Å². The Balaban J connectivity index is 1.62. The SMILES string of the molecule is CC(C)NCc1nnc(N2CC3CCC(C2)O3)o1. The molecule has 0 amide bonds. The highest BCUT2D eigenvalue weighted by Crippen LogP contribution is 2.28. The lowest BCUT2D eigenvalue weighted by Gasteiger charge is -2.30. The van der Waals surface area contributed by atoms with Gasteiger partial charge in [0, 0.05) is 19.1 Å². The number of morpholine rings is 1. The molecule has 2 aliphatic rings. The molecule has 6 nitrogen and oxygen atoms in total. The van der Waals surface area contributed by atoms with E-state index in [0.717, 1.165) is 25.9 Å².